The standard InChI is InChI=1S/C20H24N2O2/c21-15-16-22(19(23)13-11-17-7-3-1-4-8-17)20(24)14-12-18-9-5-2-6-10-18/h1-10H,11-16,21H2. The van der Waals surface area contributed by atoms with Gasteiger partial charge in [0.05, 0.1) is 0 Å². The van der Waals surface area contributed by atoms with Gasteiger partial charge < -0.3 is 5.73 Å². The highest BCUT2D eigenvalue weighted by atomic mass is 16.2. The zero-order valence-corrected chi connectivity index (χ0v) is 13.9. The number of nitrogens with zero attached hydrogens (tertiary/aromatic N) is 1. The molecular weight excluding hydrogens is 300 g/mol. The van der Waals surface area contributed by atoms with Crippen LogP contribution < -0.4 is 5.73 Å². The lowest BCUT2D eigenvalue weighted by Crippen LogP contribution is -2.40. The Balaban J connectivity index is 1.89. The smallest absolute Gasteiger partial charge is 0.229 e. The number of hydrogen-bond donors (Lipinski definition) is 1. The third-order valence-electron chi connectivity index (χ3n) is 3.90. The maximum atomic E-state index is 12.4. The van der Waals surface area contributed by atoms with Crippen molar-refractivity contribution in [2.24, 2.45) is 5.73 Å². The first-order valence-electron chi connectivity index (χ1n) is 8.32. The van der Waals surface area contributed by atoms with Crippen molar-refractivity contribution in [1.29, 1.82) is 0 Å². The maximum absolute atomic E-state index is 12.4. The molecular formula is C20H24N2O2. The number of nitrogens with two attached hydrogens (primary N) is 1. The average Bonchev–Trinajstić information content (AvgIpc) is 2.64. The Kier molecular flexibility index (Phi) is 7.18. The van der Waals surface area contributed by atoms with Gasteiger partial charge in [-0.05, 0) is 24.0 Å². The van der Waals surface area contributed by atoms with E-state index in [1.165, 1.54) is 4.90 Å². The Morgan fingerprint density at radius 3 is 1.54 bits per heavy atom. The number of aryl methyl sites for hydroxylation is 2. The van der Waals surface area contributed by atoms with Crippen molar-refractivity contribution in [3.8, 4) is 0 Å². The molecule has 2 N–H and O–H groups in total. The molecule has 0 fully saturated rings. The number of amides is 2. The number of hydrogen-bond acceptors (Lipinski definition) is 3. The van der Waals surface area contributed by atoms with Gasteiger partial charge in [0.1, 0.15) is 0 Å². The summed E-state index contributed by atoms with van der Waals surface area (Å²) < 4.78 is 0. The molecule has 0 aliphatic rings. The van der Waals surface area contributed by atoms with E-state index in [9.17, 15) is 9.59 Å². The van der Waals surface area contributed by atoms with E-state index in [0.29, 0.717) is 25.7 Å². The van der Waals surface area contributed by atoms with Gasteiger partial charge in [0, 0.05) is 25.9 Å². The highest BCUT2D eigenvalue weighted by molar-refractivity contribution is 5.95. The first-order chi connectivity index (χ1) is 11.7. The van der Waals surface area contributed by atoms with E-state index in [0.717, 1.165) is 11.1 Å². The molecule has 0 saturated heterocycles. The van der Waals surface area contributed by atoms with E-state index < -0.39 is 0 Å². The summed E-state index contributed by atoms with van der Waals surface area (Å²) in [5.41, 5.74) is 7.76. The topological polar surface area (TPSA) is 63.4 Å². The van der Waals surface area contributed by atoms with Crippen LogP contribution in [0, 0.1) is 0 Å². The van der Waals surface area contributed by atoms with Gasteiger partial charge in [-0.15, -0.1) is 0 Å². The molecule has 2 aromatic carbocycles. The number of carbonyl (C=O) groups is 2. The lowest BCUT2D eigenvalue weighted by atomic mass is 10.1. The first kappa shape index (κ1) is 17.9. The predicted octanol–water partition coefficient (Wildman–Crippen LogP) is 2.57. The molecule has 0 saturated carbocycles. The van der Waals surface area contributed by atoms with Crippen LogP contribution in [0.25, 0.3) is 0 Å². The summed E-state index contributed by atoms with van der Waals surface area (Å²) in [6, 6.07) is 19.6. The Morgan fingerprint density at radius 1 is 0.750 bits per heavy atom. The second kappa shape index (κ2) is 9.63. The molecule has 24 heavy (non-hydrogen) atoms. The number of carbonyl (C=O) groups excluding carboxylic acids is 2. The fraction of sp³-hybridized carbons (Fsp3) is 0.300. The largest absolute Gasteiger partial charge is 0.329 e. The van der Waals surface area contributed by atoms with Crippen LogP contribution in [0.1, 0.15) is 24.0 Å². The maximum Gasteiger partial charge on any atom is 0.229 e. The van der Waals surface area contributed by atoms with E-state index in [1.807, 2.05) is 60.7 Å². The highest BCUT2D eigenvalue weighted by Crippen LogP contribution is 2.08. The normalized spacial score (nSPS) is 10.4. The second-order valence-electron chi connectivity index (χ2n) is 5.70. The zero-order valence-electron chi connectivity index (χ0n) is 13.9. The molecule has 0 spiro atoms. The monoisotopic (exact) mass is 324 g/mol. The summed E-state index contributed by atoms with van der Waals surface area (Å²) in [5.74, 6) is -0.301. The third kappa shape index (κ3) is 5.63. The van der Waals surface area contributed by atoms with Crippen LogP contribution in [-0.4, -0.2) is 29.8 Å². The fourth-order valence-electron chi connectivity index (χ4n) is 2.58. The predicted molar refractivity (Wildman–Crippen MR) is 95.3 cm³/mol. The molecule has 0 aliphatic heterocycles. The third-order valence-corrected chi connectivity index (χ3v) is 3.90. The average molecular weight is 324 g/mol. The van der Waals surface area contributed by atoms with Crippen molar-refractivity contribution in [3.05, 3.63) is 71.8 Å². The van der Waals surface area contributed by atoms with Crippen LogP contribution in [0.3, 0.4) is 0 Å². The van der Waals surface area contributed by atoms with Gasteiger partial charge in [0.25, 0.3) is 0 Å². The fourth-order valence-corrected chi connectivity index (χ4v) is 2.58. The van der Waals surface area contributed by atoms with Gasteiger partial charge in [0.2, 0.25) is 11.8 Å². The van der Waals surface area contributed by atoms with Crippen LogP contribution in [0.15, 0.2) is 60.7 Å². The van der Waals surface area contributed by atoms with Crippen molar-refractivity contribution in [2.75, 3.05) is 13.1 Å². The lowest BCUT2D eigenvalue weighted by Gasteiger charge is -2.20. The number of imide groups is 1. The van der Waals surface area contributed by atoms with Crippen molar-refractivity contribution < 1.29 is 9.59 Å². The van der Waals surface area contributed by atoms with Crippen molar-refractivity contribution >= 4 is 11.8 Å². The lowest BCUT2D eigenvalue weighted by molar-refractivity contribution is -0.144. The summed E-state index contributed by atoms with van der Waals surface area (Å²) in [5, 5.41) is 0. The molecule has 4 nitrogen and oxygen atoms in total. The Labute approximate surface area is 143 Å². The van der Waals surface area contributed by atoms with Crippen molar-refractivity contribution in [3.63, 3.8) is 0 Å². The van der Waals surface area contributed by atoms with Gasteiger partial charge in [0.15, 0.2) is 0 Å². The first-order valence-corrected chi connectivity index (χ1v) is 8.32. The van der Waals surface area contributed by atoms with Gasteiger partial charge in [-0.25, -0.2) is 0 Å². The molecule has 0 radical (unpaired) electrons. The van der Waals surface area contributed by atoms with Crippen LogP contribution in [-0.2, 0) is 22.4 Å². The summed E-state index contributed by atoms with van der Waals surface area (Å²) in [4.78, 5) is 26.1. The summed E-state index contributed by atoms with van der Waals surface area (Å²) in [7, 11) is 0. The van der Waals surface area contributed by atoms with Gasteiger partial charge >= 0.3 is 0 Å². The van der Waals surface area contributed by atoms with Gasteiger partial charge in [-0.1, -0.05) is 60.7 Å². The molecule has 4 heteroatoms. The van der Waals surface area contributed by atoms with Crippen molar-refractivity contribution in [1.82, 2.24) is 4.90 Å². The second-order valence-corrected chi connectivity index (χ2v) is 5.70. The summed E-state index contributed by atoms with van der Waals surface area (Å²) in [6.45, 7) is 0.565. The minimum Gasteiger partial charge on any atom is -0.329 e. The van der Waals surface area contributed by atoms with Crippen LogP contribution in [0.5, 0.6) is 0 Å². The van der Waals surface area contributed by atoms with Gasteiger partial charge in [-0.2, -0.15) is 0 Å². The Hall–Kier alpha value is -2.46. The van der Waals surface area contributed by atoms with E-state index in [4.69, 9.17) is 5.73 Å². The molecule has 0 aliphatic carbocycles. The van der Waals surface area contributed by atoms with E-state index in [1.54, 1.807) is 0 Å². The molecule has 2 amide bonds. The van der Waals surface area contributed by atoms with Gasteiger partial charge in [-0.3, -0.25) is 14.5 Å². The van der Waals surface area contributed by atoms with Crippen LogP contribution in [0.4, 0.5) is 0 Å². The SMILES string of the molecule is NCCN(C(=O)CCc1ccccc1)C(=O)CCc1ccccc1. The summed E-state index contributed by atoms with van der Waals surface area (Å²) >= 11 is 0. The number of benzene rings is 2. The van der Waals surface area contributed by atoms with E-state index in [-0.39, 0.29) is 24.9 Å². The quantitative estimate of drug-likeness (QED) is 0.812. The minimum absolute atomic E-state index is 0.151. The van der Waals surface area contributed by atoms with Crippen LogP contribution >= 0.6 is 0 Å². The molecule has 2 rings (SSSR count). The highest BCUT2D eigenvalue weighted by Gasteiger charge is 2.20. The molecule has 0 unspecified atom stereocenters. The number of rotatable bonds is 8. The van der Waals surface area contributed by atoms with E-state index in [2.05, 4.69) is 0 Å². The van der Waals surface area contributed by atoms with Crippen LogP contribution in [0.2, 0.25) is 0 Å². The van der Waals surface area contributed by atoms with Crippen molar-refractivity contribution in [2.45, 2.75) is 25.7 Å². The molecule has 0 bridgehead atoms. The minimum atomic E-state index is -0.151. The molecule has 0 atom stereocenters. The molecule has 0 aromatic heterocycles. The summed E-state index contributed by atoms with van der Waals surface area (Å²) in [6.07, 6.45) is 1.90. The Bertz CT molecular complexity index is 586. The molecule has 0 heterocycles. The van der Waals surface area contributed by atoms with E-state index >= 15 is 0 Å². The molecule has 126 valence electrons. The zero-order chi connectivity index (χ0) is 17.2. The Morgan fingerprint density at radius 2 is 1.17 bits per heavy atom. The molecule has 2 aromatic rings.